The topological polar surface area (TPSA) is 105 Å². The van der Waals surface area contributed by atoms with E-state index in [9.17, 15) is 19.5 Å². The number of nitrogens with one attached hydrogen (secondary N) is 1. The second-order valence-electron chi connectivity index (χ2n) is 9.17. The lowest BCUT2D eigenvalue weighted by Gasteiger charge is -2.19. The van der Waals surface area contributed by atoms with E-state index >= 15 is 0 Å². The van der Waals surface area contributed by atoms with Gasteiger partial charge in [-0.1, -0.05) is 29.9 Å². The van der Waals surface area contributed by atoms with Crippen LogP contribution in [0.4, 0.5) is 0 Å². The van der Waals surface area contributed by atoms with Gasteiger partial charge in [0.25, 0.3) is 5.91 Å². The summed E-state index contributed by atoms with van der Waals surface area (Å²) in [5.41, 5.74) is -1.84. The maximum Gasteiger partial charge on any atom is 0.338 e. The molecule has 2 aliphatic rings. The summed E-state index contributed by atoms with van der Waals surface area (Å²) in [4.78, 5) is 36.9. The molecule has 0 aromatic carbocycles. The van der Waals surface area contributed by atoms with Crippen molar-refractivity contribution in [3.63, 3.8) is 0 Å². The summed E-state index contributed by atoms with van der Waals surface area (Å²) in [6.07, 6.45) is 9.52. The van der Waals surface area contributed by atoms with E-state index in [0.29, 0.717) is 24.0 Å². The average Bonchev–Trinajstić information content (AvgIpc) is 3.37. The normalized spacial score (nSPS) is 29.1. The molecule has 2 rings (SSSR count). The number of hydrogen-bond donors (Lipinski definition) is 2. The Morgan fingerprint density at radius 3 is 2.39 bits per heavy atom. The SMILES string of the molecule is C\C=C(/C=C(C)/C=C/CC/C=C(\C)C(=O)[C@@]12O[C@H]1C(C)(O)NC2=O)C(=O)OC(C)(C)C. The fourth-order valence-corrected chi connectivity index (χ4v) is 3.44. The van der Waals surface area contributed by atoms with Crippen LogP contribution in [0.25, 0.3) is 0 Å². The van der Waals surface area contributed by atoms with E-state index in [1.54, 1.807) is 32.1 Å². The highest BCUT2D eigenvalue weighted by molar-refractivity contribution is 6.21. The minimum Gasteiger partial charge on any atom is -0.456 e. The average molecular weight is 432 g/mol. The number of fused-ring (bicyclic) bond motifs is 1. The number of esters is 1. The van der Waals surface area contributed by atoms with Crippen molar-refractivity contribution in [1.29, 1.82) is 0 Å². The number of carbonyl (C=O) groups excluding carboxylic acids is 3. The molecule has 2 fully saturated rings. The third-order valence-electron chi connectivity index (χ3n) is 5.02. The van der Waals surface area contributed by atoms with Gasteiger partial charge in [0.2, 0.25) is 11.4 Å². The van der Waals surface area contributed by atoms with Crippen LogP contribution in [0.3, 0.4) is 0 Å². The van der Waals surface area contributed by atoms with E-state index in [-0.39, 0.29) is 5.97 Å². The molecule has 0 spiro atoms. The monoisotopic (exact) mass is 431 g/mol. The van der Waals surface area contributed by atoms with Gasteiger partial charge in [-0.3, -0.25) is 9.59 Å². The van der Waals surface area contributed by atoms with Crippen LogP contribution in [0.2, 0.25) is 0 Å². The van der Waals surface area contributed by atoms with E-state index in [4.69, 9.17) is 9.47 Å². The number of amides is 1. The molecule has 7 nitrogen and oxygen atoms in total. The summed E-state index contributed by atoms with van der Waals surface area (Å²) < 4.78 is 10.7. The van der Waals surface area contributed by atoms with Gasteiger partial charge < -0.3 is 19.9 Å². The maximum atomic E-state index is 12.7. The zero-order valence-electron chi connectivity index (χ0n) is 19.4. The van der Waals surface area contributed by atoms with Crippen LogP contribution in [0.1, 0.15) is 61.3 Å². The largest absolute Gasteiger partial charge is 0.456 e. The Balaban J connectivity index is 1.89. The number of aliphatic hydroxyl groups is 1. The Labute approximate surface area is 183 Å². The van der Waals surface area contributed by atoms with E-state index < -0.39 is 34.7 Å². The highest BCUT2D eigenvalue weighted by atomic mass is 16.6. The van der Waals surface area contributed by atoms with Gasteiger partial charge in [-0.25, -0.2) is 4.79 Å². The number of morpholine rings is 1. The number of epoxide rings is 1. The van der Waals surface area contributed by atoms with Crippen molar-refractivity contribution in [2.75, 3.05) is 0 Å². The molecule has 0 aromatic heterocycles. The molecular weight excluding hydrogens is 398 g/mol. The number of hydrogen-bond acceptors (Lipinski definition) is 6. The van der Waals surface area contributed by atoms with Crippen LogP contribution in [0.15, 0.2) is 47.1 Å². The van der Waals surface area contributed by atoms with Crippen molar-refractivity contribution in [2.45, 2.75) is 84.3 Å². The molecule has 31 heavy (non-hydrogen) atoms. The first-order valence-electron chi connectivity index (χ1n) is 10.4. The number of rotatable bonds is 8. The van der Waals surface area contributed by atoms with Gasteiger partial charge in [-0.05, 0) is 73.0 Å². The van der Waals surface area contributed by atoms with Gasteiger partial charge in [0.1, 0.15) is 5.60 Å². The minimum atomic E-state index is -1.58. The van der Waals surface area contributed by atoms with Gasteiger partial charge in [0.05, 0.1) is 5.57 Å². The third kappa shape index (κ3) is 5.60. The van der Waals surface area contributed by atoms with Crippen molar-refractivity contribution in [3.05, 3.63) is 47.1 Å². The Bertz CT molecular complexity index is 884. The standard InChI is InChI=1S/C24H33NO6/c1-8-17(19(27)30-22(4,5)6)14-15(2)12-10-9-11-13-16(3)18(26)24-20(31-24)23(7,29)25-21(24)28/h8,10,12-14,20,29H,9,11H2,1-7H3,(H,25,28)/b12-10+,15-14+,16-13+,17-8+/t20-,23?,24+/m0/s1. The van der Waals surface area contributed by atoms with Crippen LogP contribution in [0.5, 0.6) is 0 Å². The quantitative estimate of drug-likeness (QED) is 0.153. The molecule has 0 saturated carbocycles. The fourth-order valence-electron chi connectivity index (χ4n) is 3.44. The summed E-state index contributed by atoms with van der Waals surface area (Å²) in [7, 11) is 0. The fraction of sp³-hybridized carbons (Fsp3) is 0.542. The number of ketones is 1. The number of Topliss-reactive ketones (excluding diaryl/α,β-unsaturated/α-hetero) is 1. The molecular formula is C24H33NO6. The zero-order chi connectivity index (χ0) is 23.6. The predicted molar refractivity (Wildman–Crippen MR) is 117 cm³/mol. The molecule has 2 saturated heterocycles. The van der Waals surface area contributed by atoms with Crippen molar-refractivity contribution in [2.24, 2.45) is 0 Å². The van der Waals surface area contributed by atoms with E-state index in [0.717, 1.165) is 5.57 Å². The first-order chi connectivity index (χ1) is 14.2. The summed E-state index contributed by atoms with van der Waals surface area (Å²) in [6.45, 7) is 12.2. The molecule has 3 atom stereocenters. The minimum absolute atomic E-state index is 0.366. The first-order valence-corrected chi connectivity index (χ1v) is 10.4. The summed E-state index contributed by atoms with van der Waals surface area (Å²) >= 11 is 0. The molecule has 170 valence electrons. The van der Waals surface area contributed by atoms with Crippen LogP contribution in [0, 0.1) is 0 Å². The van der Waals surface area contributed by atoms with Gasteiger partial charge in [0, 0.05) is 0 Å². The predicted octanol–water partition coefficient (Wildman–Crippen LogP) is 3.05. The van der Waals surface area contributed by atoms with Crippen LogP contribution in [-0.2, 0) is 23.9 Å². The smallest absolute Gasteiger partial charge is 0.338 e. The highest BCUT2D eigenvalue weighted by Crippen LogP contribution is 2.49. The Morgan fingerprint density at radius 1 is 1.26 bits per heavy atom. The lowest BCUT2D eigenvalue weighted by atomic mass is 9.93. The van der Waals surface area contributed by atoms with E-state index in [2.05, 4.69) is 5.32 Å². The van der Waals surface area contributed by atoms with Crippen molar-refractivity contribution in [3.8, 4) is 0 Å². The highest BCUT2D eigenvalue weighted by Gasteiger charge is 2.79. The Kier molecular flexibility index (Phi) is 7.13. The van der Waals surface area contributed by atoms with E-state index in [1.807, 2.05) is 39.8 Å². The van der Waals surface area contributed by atoms with Gasteiger partial charge >= 0.3 is 5.97 Å². The van der Waals surface area contributed by atoms with Gasteiger partial charge in [0.15, 0.2) is 11.8 Å². The second kappa shape index (κ2) is 8.93. The number of carbonyl (C=O) groups is 3. The van der Waals surface area contributed by atoms with Crippen molar-refractivity contribution in [1.82, 2.24) is 5.32 Å². The van der Waals surface area contributed by atoms with Gasteiger partial charge in [-0.15, -0.1) is 0 Å². The lowest BCUT2D eigenvalue weighted by molar-refractivity contribution is -0.149. The molecule has 2 heterocycles. The summed E-state index contributed by atoms with van der Waals surface area (Å²) in [6, 6.07) is 0. The van der Waals surface area contributed by atoms with Crippen molar-refractivity contribution < 1.29 is 29.0 Å². The van der Waals surface area contributed by atoms with Gasteiger partial charge in [-0.2, -0.15) is 0 Å². The first kappa shape index (κ1) is 24.8. The second-order valence-corrected chi connectivity index (χ2v) is 9.17. The maximum absolute atomic E-state index is 12.7. The summed E-state index contributed by atoms with van der Waals surface area (Å²) in [5, 5.41) is 12.5. The van der Waals surface area contributed by atoms with E-state index in [1.165, 1.54) is 6.92 Å². The Morgan fingerprint density at radius 2 is 1.90 bits per heavy atom. The number of allylic oxidation sites excluding steroid dienone is 5. The number of unbranched alkanes of at least 4 members (excludes halogenated alkanes) is 1. The summed E-state index contributed by atoms with van der Waals surface area (Å²) in [5.74, 6) is -1.37. The zero-order valence-corrected chi connectivity index (χ0v) is 19.4. The lowest BCUT2D eigenvalue weighted by Crippen LogP contribution is -2.45. The molecule has 2 aliphatic heterocycles. The molecule has 0 radical (unpaired) electrons. The molecule has 1 amide bonds. The molecule has 2 N–H and O–H groups in total. The molecule has 0 bridgehead atoms. The van der Waals surface area contributed by atoms with Crippen molar-refractivity contribution >= 4 is 17.7 Å². The van der Waals surface area contributed by atoms with Crippen LogP contribution < -0.4 is 5.32 Å². The third-order valence-corrected chi connectivity index (χ3v) is 5.02. The van der Waals surface area contributed by atoms with Crippen LogP contribution in [-0.4, -0.2) is 45.8 Å². The van der Waals surface area contributed by atoms with Crippen LogP contribution >= 0.6 is 0 Å². The number of ether oxygens (including phenoxy) is 2. The molecule has 0 aromatic rings. The Hall–Kier alpha value is -2.51. The molecule has 1 unspecified atom stereocenters. The molecule has 7 heteroatoms. The molecule has 0 aliphatic carbocycles.